The zero-order chi connectivity index (χ0) is 10.3. The summed E-state index contributed by atoms with van der Waals surface area (Å²) in [6.45, 7) is 4.81. The van der Waals surface area contributed by atoms with E-state index in [0.29, 0.717) is 19.1 Å². The Labute approximate surface area is 84.4 Å². The number of nitrogens with two attached hydrogens (primary N) is 1. The lowest BCUT2D eigenvalue weighted by molar-refractivity contribution is -0.178. The number of carbonyl (C=O) groups is 1. The van der Waals surface area contributed by atoms with E-state index in [1.807, 2.05) is 18.7 Å². The Bertz CT molecular complexity index is 249. The Kier molecular flexibility index (Phi) is 2.27. The second kappa shape index (κ2) is 3.21. The van der Waals surface area contributed by atoms with Crippen LogP contribution >= 0.6 is 0 Å². The van der Waals surface area contributed by atoms with E-state index >= 15 is 0 Å². The maximum absolute atomic E-state index is 12.0. The molecule has 1 aliphatic carbocycles. The van der Waals surface area contributed by atoms with E-state index in [4.69, 9.17) is 10.5 Å². The van der Waals surface area contributed by atoms with E-state index in [1.54, 1.807) is 0 Å². The number of amides is 1. The minimum atomic E-state index is -0.690. The molecule has 2 rings (SSSR count). The Morgan fingerprint density at radius 3 is 2.71 bits per heavy atom. The zero-order valence-corrected chi connectivity index (χ0v) is 8.82. The van der Waals surface area contributed by atoms with E-state index in [-0.39, 0.29) is 12.0 Å². The summed E-state index contributed by atoms with van der Waals surface area (Å²) < 4.78 is 5.63. The SMILES string of the molecule is CC1(C)OC(CN)CN(C2CC2)C1=O. The van der Waals surface area contributed by atoms with Crippen molar-refractivity contribution in [3.8, 4) is 0 Å². The van der Waals surface area contributed by atoms with Crippen LogP contribution in [0.5, 0.6) is 0 Å². The molecular formula is C10H18N2O2. The van der Waals surface area contributed by atoms with Gasteiger partial charge in [0.05, 0.1) is 6.10 Å². The average molecular weight is 198 g/mol. The van der Waals surface area contributed by atoms with Gasteiger partial charge in [0, 0.05) is 19.1 Å². The Hall–Kier alpha value is -0.610. The summed E-state index contributed by atoms with van der Waals surface area (Å²) in [6, 6.07) is 0.458. The molecule has 1 saturated carbocycles. The summed E-state index contributed by atoms with van der Waals surface area (Å²) in [7, 11) is 0. The Balaban J connectivity index is 2.12. The third kappa shape index (κ3) is 1.64. The summed E-state index contributed by atoms with van der Waals surface area (Å²) in [5.74, 6) is 0.115. The van der Waals surface area contributed by atoms with Crippen molar-refractivity contribution in [3.63, 3.8) is 0 Å². The fraction of sp³-hybridized carbons (Fsp3) is 0.900. The first kappa shape index (κ1) is 9.93. The van der Waals surface area contributed by atoms with Gasteiger partial charge < -0.3 is 15.4 Å². The van der Waals surface area contributed by atoms with E-state index < -0.39 is 5.60 Å². The van der Waals surface area contributed by atoms with Gasteiger partial charge in [-0.1, -0.05) is 0 Å². The number of rotatable bonds is 2. The third-order valence-electron chi connectivity index (χ3n) is 2.89. The number of morpholine rings is 1. The summed E-state index contributed by atoms with van der Waals surface area (Å²) in [5.41, 5.74) is 4.90. The number of hydrogen-bond acceptors (Lipinski definition) is 3. The lowest BCUT2D eigenvalue weighted by Crippen LogP contribution is -2.59. The smallest absolute Gasteiger partial charge is 0.254 e. The first-order chi connectivity index (χ1) is 6.54. The highest BCUT2D eigenvalue weighted by Gasteiger charge is 2.45. The molecule has 1 atom stereocenters. The minimum Gasteiger partial charge on any atom is -0.359 e. The third-order valence-corrected chi connectivity index (χ3v) is 2.89. The van der Waals surface area contributed by atoms with Crippen molar-refractivity contribution < 1.29 is 9.53 Å². The molecule has 1 unspecified atom stereocenters. The van der Waals surface area contributed by atoms with E-state index in [1.165, 1.54) is 0 Å². The fourth-order valence-corrected chi connectivity index (χ4v) is 1.98. The van der Waals surface area contributed by atoms with Crippen molar-refractivity contribution in [1.82, 2.24) is 4.90 Å². The Morgan fingerprint density at radius 2 is 2.21 bits per heavy atom. The molecule has 0 aromatic heterocycles. The van der Waals surface area contributed by atoms with Gasteiger partial charge in [-0.15, -0.1) is 0 Å². The number of nitrogens with zero attached hydrogens (tertiary/aromatic N) is 1. The first-order valence-corrected chi connectivity index (χ1v) is 5.23. The van der Waals surface area contributed by atoms with Crippen LogP contribution < -0.4 is 5.73 Å². The highest BCUT2D eigenvalue weighted by molar-refractivity contribution is 5.85. The summed E-state index contributed by atoms with van der Waals surface area (Å²) in [5, 5.41) is 0. The maximum Gasteiger partial charge on any atom is 0.254 e. The normalized spacial score (nSPS) is 32.1. The zero-order valence-electron chi connectivity index (χ0n) is 8.82. The second-order valence-electron chi connectivity index (χ2n) is 4.67. The van der Waals surface area contributed by atoms with E-state index in [0.717, 1.165) is 12.8 Å². The van der Waals surface area contributed by atoms with Gasteiger partial charge in [0.2, 0.25) is 0 Å². The van der Waals surface area contributed by atoms with Gasteiger partial charge in [0.15, 0.2) is 0 Å². The highest BCUT2D eigenvalue weighted by atomic mass is 16.5. The minimum absolute atomic E-state index is 0.00306. The molecule has 0 spiro atoms. The standard InChI is InChI=1S/C10H18N2O2/c1-10(2)9(13)12(7-3-4-7)6-8(5-11)14-10/h7-8H,3-6,11H2,1-2H3. The molecule has 1 amide bonds. The molecule has 14 heavy (non-hydrogen) atoms. The summed E-state index contributed by atoms with van der Waals surface area (Å²) in [4.78, 5) is 13.9. The quantitative estimate of drug-likeness (QED) is 0.685. The lowest BCUT2D eigenvalue weighted by atomic mass is 10.0. The predicted molar refractivity (Wildman–Crippen MR) is 52.7 cm³/mol. The van der Waals surface area contributed by atoms with Crippen LogP contribution in [0, 0.1) is 0 Å². The number of carbonyl (C=O) groups excluding carboxylic acids is 1. The van der Waals surface area contributed by atoms with E-state index in [9.17, 15) is 4.79 Å². The molecule has 2 N–H and O–H groups in total. The molecule has 4 nitrogen and oxygen atoms in total. The van der Waals surface area contributed by atoms with Gasteiger partial charge in [-0.25, -0.2) is 0 Å². The van der Waals surface area contributed by atoms with Gasteiger partial charge in [0.1, 0.15) is 5.60 Å². The van der Waals surface area contributed by atoms with Gasteiger partial charge in [0.25, 0.3) is 5.91 Å². The molecular weight excluding hydrogens is 180 g/mol. The summed E-state index contributed by atoms with van der Waals surface area (Å²) >= 11 is 0. The maximum atomic E-state index is 12.0. The van der Waals surface area contributed by atoms with Gasteiger partial charge >= 0.3 is 0 Å². The van der Waals surface area contributed by atoms with Gasteiger partial charge in [-0.3, -0.25) is 4.79 Å². The van der Waals surface area contributed by atoms with Crippen molar-refractivity contribution in [2.45, 2.75) is 44.4 Å². The van der Waals surface area contributed by atoms with Crippen LogP contribution in [-0.4, -0.2) is 41.6 Å². The largest absolute Gasteiger partial charge is 0.359 e. The average Bonchev–Trinajstić information content (AvgIpc) is 2.92. The van der Waals surface area contributed by atoms with Crippen molar-refractivity contribution in [2.75, 3.05) is 13.1 Å². The monoisotopic (exact) mass is 198 g/mol. The van der Waals surface area contributed by atoms with Crippen LogP contribution in [0.15, 0.2) is 0 Å². The van der Waals surface area contributed by atoms with Crippen LogP contribution in [-0.2, 0) is 9.53 Å². The molecule has 2 fully saturated rings. The predicted octanol–water partition coefficient (Wildman–Crippen LogP) is 0.113. The topological polar surface area (TPSA) is 55.6 Å². The second-order valence-corrected chi connectivity index (χ2v) is 4.67. The molecule has 2 aliphatic rings. The van der Waals surface area contributed by atoms with E-state index in [2.05, 4.69) is 0 Å². The molecule has 0 radical (unpaired) electrons. The molecule has 1 saturated heterocycles. The van der Waals surface area contributed by atoms with Crippen molar-refractivity contribution in [1.29, 1.82) is 0 Å². The van der Waals surface area contributed by atoms with Crippen LogP contribution in [0.3, 0.4) is 0 Å². The van der Waals surface area contributed by atoms with Crippen LogP contribution in [0.2, 0.25) is 0 Å². The van der Waals surface area contributed by atoms with Crippen LogP contribution in [0.4, 0.5) is 0 Å². The summed E-state index contributed by atoms with van der Waals surface area (Å²) in [6.07, 6.45) is 2.28. The van der Waals surface area contributed by atoms with Crippen molar-refractivity contribution in [2.24, 2.45) is 5.73 Å². The first-order valence-electron chi connectivity index (χ1n) is 5.23. The number of hydrogen-bond donors (Lipinski definition) is 1. The molecule has 1 aliphatic heterocycles. The number of ether oxygens (including phenoxy) is 1. The van der Waals surface area contributed by atoms with Crippen LogP contribution in [0.25, 0.3) is 0 Å². The molecule has 1 heterocycles. The molecule has 0 aromatic rings. The van der Waals surface area contributed by atoms with Crippen molar-refractivity contribution in [3.05, 3.63) is 0 Å². The van der Waals surface area contributed by atoms with Crippen molar-refractivity contribution >= 4 is 5.91 Å². The highest BCUT2D eigenvalue weighted by Crippen LogP contribution is 2.33. The fourth-order valence-electron chi connectivity index (χ4n) is 1.98. The van der Waals surface area contributed by atoms with Gasteiger partial charge in [-0.2, -0.15) is 0 Å². The van der Waals surface area contributed by atoms with Crippen LogP contribution in [0.1, 0.15) is 26.7 Å². The molecule has 80 valence electrons. The molecule has 4 heteroatoms. The molecule has 0 bridgehead atoms. The van der Waals surface area contributed by atoms with Gasteiger partial charge in [-0.05, 0) is 26.7 Å². The molecule has 0 aromatic carbocycles. The Morgan fingerprint density at radius 1 is 1.57 bits per heavy atom. The lowest BCUT2D eigenvalue weighted by Gasteiger charge is -2.41.